The molecule has 2 saturated heterocycles. The van der Waals surface area contributed by atoms with Crippen molar-refractivity contribution in [1.82, 2.24) is 25.1 Å². The number of guanidine groups is 1. The number of hydrogen-bond acceptors (Lipinski definition) is 3. The number of rotatable bonds is 6. The molecule has 0 amide bonds. The van der Waals surface area contributed by atoms with Gasteiger partial charge in [0.15, 0.2) is 5.96 Å². The third-order valence-electron chi connectivity index (χ3n) is 6.40. The van der Waals surface area contributed by atoms with Crippen molar-refractivity contribution in [2.45, 2.75) is 70.2 Å². The highest BCUT2D eigenvalue weighted by Gasteiger charge is 2.36. The lowest BCUT2D eigenvalue weighted by Gasteiger charge is -2.47. The Morgan fingerprint density at radius 2 is 1.93 bits per heavy atom. The number of nitrogens with one attached hydrogen (secondary N) is 2. The fourth-order valence-corrected chi connectivity index (χ4v) is 4.81. The Bertz CT molecular complexity index is 785. The van der Waals surface area contributed by atoms with Crippen LogP contribution in [0.4, 0.5) is 0 Å². The molecule has 2 fully saturated rings. The Kier molecular flexibility index (Phi) is 6.49. The third-order valence-corrected chi connectivity index (χ3v) is 6.40. The van der Waals surface area contributed by atoms with Gasteiger partial charge in [-0.05, 0) is 45.2 Å². The predicted octanol–water partition coefficient (Wildman–Crippen LogP) is 3.00. The van der Waals surface area contributed by atoms with Crippen LogP contribution in [0.2, 0.25) is 0 Å². The zero-order valence-corrected chi connectivity index (χ0v) is 17.7. The highest BCUT2D eigenvalue weighted by molar-refractivity contribution is 5.80. The van der Waals surface area contributed by atoms with Gasteiger partial charge in [-0.2, -0.15) is 0 Å². The molecule has 3 heterocycles. The number of nitrogens with zero attached hydrogens (tertiary/aromatic N) is 4. The lowest BCUT2D eigenvalue weighted by atomic mass is 9.82. The number of aromatic nitrogens is 2. The molecule has 156 valence electrons. The lowest BCUT2D eigenvalue weighted by Crippen LogP contribution is -2.56. The van der Waals surface area contributed by atoms with Crippen LogP contribution in [0.15, 0.2) is 47.7 Å². The molecule has 2 unspecified atom stereocenters. The first-order valence-electron chi connectivity index (χ1n) is 11.0. The van der Waals surface area contributed by atoms with Crippen molar-refractivity contribution in [2.75, 3.05) is 13.6 Å². The van der Waals surface area contributed by atoms with Crippen LogP contribution in [0.25, 0.3) is 0 Å². The van der Waals surface area contributed by atoms with Crippen LogP contribution in [0, 0.1) is 0 Å². The zero-order chi connectivity index (χ0) is 20.1. The monoisotopic (exact) mass is 394 g/mol. The molecule has 2 atom stereocenters. The molecule has 2 N–H and O–H groups in total. The van der Waals surface area contributed by atoms with Crippen molar-refractivity contribution in [3.8, 4) is 0 Å². The van der Waals surface area contributed by atoms with Gasteiger partial charge in [0.25, 0.3) is 0 Å². The first kappa shape index (κ1) is 20.0. The maximum absolute atomic E-state index is 4.86. The van der Waals surface area contributed by atoms with Crippen LogP contribution in [0.1, 0.15) is 50.4 Å². The Morgan fingerprint density at radius 1 is 1.17 bits per heavy atom. The smallest absolute Gasteiger partial charge is 0.191 e. The average Bonchev–Trinajstić information content (AvgIpc) is 3.15. The van der Waals surface area contributed by atoms with E-state index in [0.717, 1.165) is 24.9 Å². The van der Waals surface area contributed by atoms with E-state index in [2.05, 4.69) is 63.3 Å². The minimum absolute atomic E-state index is 0.503. The van der Waals surface area contributed by atoms with E-state index < -0.39 is 0 Å². The molecule has 6 nitrogen and oxygen atoms in total. The average molecular weight is 395 g/mol. The number of aliphatic imine (C=N–C) groups is 1. The maximum Gasteiger partial charge on any atom is 0.191 e. The van der Waals surface area contributed by atoms with E-state index in [4.69, 9.17) is 4.99 Å². The van der Waals surface area contributed by atoms with Gasteiger partial charge in [0.05, 0.1) is 0 Å². The van der Waals surface area contributed by atoms with Gasteiger partial charge in [-0.25, -0.2) is 9.98 Å². The maximum atomic E-state index is 4.86. The second-order valence-electron chi connectivity index (χ2n) is 8.37. The summed E-state index contributed by atoms with van der Waals surface area (Å²) in [4.78, 5) is 12.0. The van der Waals surface area contributed by atoms with E-state index in [0.29, 0.717) is 24.7 Å². The summed E-state index contributed by atoms with van der Waals surface area (Å²) in [6, 6.07) is 12.4. The normalized spacial score (nSPS) is 25.0. The summed E-state index contributed by atoms with van der Waals surface area (Å²) in [5.74, 6) is 1.90. The molecule has 0 saturated carbocycles. The van der Waals surface area contributed by atoms with Gasteiger partial charge in [0.1, 0.15) is 12.4 Å². The number of imidazole rings is 1. The van der Waals surface area contributed by atoms with Crippen molar-refractivity contribution in [3.05, 3.63) is 54.1 Å². The van der Waals surface area contributed by atoms with E-state index >= 15 is 0 Å². The Labute approximate surface area is 174 Å². The quantitative estimate of drug-likeness (QED) is 0.584. The van der Waals surface area contributed by atoms with E-state index in [-0.39, 0.29) is 0 Å². The van der Waals surface area contributed by atoms with E-state index in [1.165, 1.54) is 37.7 Å². The summed E-state index contributed by atoms with van der Waals surface area (Å²) in [6.07, 6.45) is 10.4. The van der Waals surface area contributed by atoms with Crippen LogP contribution in [-0.4, -0.2) is 52.1 Å². The lowest BCUT2D eigenvalue weighted by molar-refractivity contribution is 0.0526. The van der Waals surface area contributed by atoms with Gasteiger partial charge in [-0.3, -0.25) is 0 Å². The number of fused-ring (bicyclic) bond motifs is 2. The Morgan fingerprint density at radius 3 is 2.66 bits per heavy atom. The molecule has 0 aliphatic carbocycles. The Balaban J connectivity index is 1.40. The fourth-order valence-electron chi connectivity index (χ4n) is 4.81. The van der Waals surface area contributed by atoms with Gasteiger partial charge in [0, 0.05) is 43.6 Å². The third kappa shape index (κ3) is 4.99. The standard InChI is InChI=1S/C23H34N6/c1-3-24-23(27-19-14-20-10-7-11-21(15-19)28(20)2)26-16-22-25-12-13-29(22)17-18-8-5-4-6-9-18/h4-6,8-9,12-13,19-21H,3,7,10-11,14-17H2,1-2H3,(H2,24,26,27). The molecule has 4 rings (SSSR count). The van der Waals surface area contributed by atoms with Gasteiger partial charge in [-0.15, -0.1) is 0 Å². The highest BCUT2D eigenvalue weighted by atomic mass is 15.2. The second kappa shape index (κ2) is 9.44. The van der Waals surface area contributed by atoms with E-state index in [1.807, 2.05) is 18.5 Å². The number of hydrogen-bond donors (Lipinski definition) is 2. The van der Waals surface area contributed by atoms with Gasteiger partial charge in [-0.1, -0.05) is 36.8 Å². The molecule has 0 spiro atoms. The first-order chi connectivity index (χ1) is 14.2. The Hall–Kier alpha value is -2.34. The summed E-state index contributed by atoms with van der Waals surface area (Å²) in [6.45, 7) is 4.39. The molecule has 2 aliphatic heterocycles. The van der Waals surface area contributed by atoms with Crippen molar-refractivity contribution in [3.63, 3.8) is 0 Å². The van der Waals surface area contributed by atoms with Gasteiger partial charge in [0.2, 0.25) is 0 Å². The molecular weight excluding hydrogens is 360 g/mol. The van der Waals surface area contributed by atoms with Crippen LogP contribution >= 0.6 is 0 Å². The molecule has 29 heavy (non-hydrogen) atoms. The summed E-state index contributed by atoms with van der Waals surface area (Å²) in [5.41, 5.74) is 1.28. The summed E-state index contributed by atoms with van der Waals surface area (Å²) >= 11 is 0. The van der Waals surface area contributed by atoms with Crippen molar-refractivity contribution in [1.29, 1.82) is 0 Å². The number of piperidine rings is 2. The molecule has 0 radical (unpaired) electrons. The van der Waals surface area contributed by atoms with Crippen LogP contribution < -0.4 is 10.6 Å². The molecule has 2 aliphatic rings. The second-order valence-corrected chi connectivity index (χ2v) is 8.37. The fraction of sp³-hybridized carbons (Fsp3) is 0.565. The molecule has 6 heteroatoms. The minimum Gasteiger partial charge on any atom is -0.357 e. The molecule has 1 aromatic carbocycles. The largest absolute Gasteiger partial charge is 0.357 e. The van der Waals surface area contributed by atoms with Gasteiger partial charge >= 0.3 is 0 Å². The minimum atomic E-state index is 0.503. The summed E-state index contributed by atoms with van der Waals surface area (Å²) < 4.78 is 2.18. The van der Waals surface area contributed by atoms with Gasteiger partial charge < -0.3 is 20.1 Å². The van der Waals surface area contributed by atoms with Crippen molar-refractivity contribution in [2.24, 2.45) is 4.99 Å². The molecule has 2 aromatic rings. The topological polar surface area (TPSA) is 57.5 Å². The van der Waals surface area contributed by atoms with Crippen molar-refractivity contribution < 1.29 is 0 Å². The van der Waals surface area contributed by atoms with E-state index in [1.54, 1.807) is 0 Å². The molecular formula is C23H34N6. The summed E-state index contributed by atoms with van der Waals surface area (Å²) in [7, 11) is 2.30. The van der Waals surface area contributed by atoms with Crippen LogP contribution in [0.5, 0.6) is 0 Å². The van der Waals surface area contributed by atoms with Crippen LogP contribution in [-0.2, 0) is 13.1 Å². The zero-order valence-electron chi connectivity index (χ0n) is 17.7. The van der Waals surface area contributed by atoms with Crippen molar-refractivity contribution >= 4 is 5.96 Å². The summed E-state index contributed by atoms with van der Waals surface area (Å²) in [5, 5.41) is 7.14. The first-order valence-corrected chi connectivity index (χ1v) is 11.0. The highest BCUT2D eigenvalue weighted by Crippen LogP contribution is 2.32. The number of benzene rings is 1. The molecule has 2 bridgehead atoms. The van der Waals surface area contributed by atoms with Crippen LogP contribution in [0.3, 0.4) is 0 Å². The molecule has 1 aromatic heterocycles. The van der Waals surface area contributed by atoms with E-state index in [9.17, 15) is 0 Å². The predicted molar refractivity (Wildman–Crippen MR) is 118 cm³/mol. The SMILES string of the molecule is CCNC(=NCc1nccn1Cc1ccccc1)NC1CC2CCCC(C1)N2C.